The number of rotatable bonds is 3. The molecule has 1 aromatic carbocycles. The molecule has 2 unspecified atom stereocenters. The van der Waals surface area contributed by atoms with Crippen molar-refractivity contribution < 1.29 is 8.42 Å². The van der Waals surface area contributed by atoms with Crippen LogP contribution in [0.25, 0.3) is 0 Å². The lowest BCUT2D eigenvalue weighted by atomic mass is 10.1. The minimum Gasteiger partial charge on any atom is -0.267 e. The summed E-state index contributed by atoms with van der Waals surface area (Å²) in [5.41, 5.74) is 1.89. The van der Waals surface area contributed by atoms with E-state index in [1.54, 1.807) is 6.92 Å². The van der Waals surface area contributed by atoms with Crippen LogP contribution in [-0.2, 0) is 16.4 Å². The fraction of sp³-hybridized carbons (Fsp3) is 0.500. The van der Waals surface area contributed by atoms with Crippen LogP contribution in [0.5, 0.6) is 0 Å². The molecule has 5 heteroatoms. The molecule has 1 heterocycles. The van der Waals surface area contributed by atoms with E-state index >= 15 is 0 Å². The molecule has 0 amide bonds. The van der Waals surface area contributed by atoms with Gasteiger partial charge in [-0.25, -0.2) is 8.42 Å². The van der Waals surface area contributed by atoms with Crippen LogP contribution in [0.15, 0.2) is 24.3 Å². The third kappa shape index (κ3) is 2.04. The minimum absolute atomic E-state index is 0.0249. The average molecular weight is 274 g/mol. The van der Waals surface area contributed by atoms with Crippen LogP contribution in [0.3, 0.4) is 0 Å². The third-order valence-electron chi connectivity index (χ3n) is 3.14. The highest BCUT2D eigenvalue weighted by Gasteiger charge is 2.37. The standard InChI is InChI=1S/C12H16ClNO2S/c1-9-7-11-5-3-4-6-12(11)14(9)17(15,16)10(2)8-13/h3-6,9-10H,7-8H2,1-2H3. The molecule has 0 radical (unpaired) electrons. The number of fused-ring (bicyclic) bond motifs is 1. The molecule has 1 aromatic rings. The van der Waals surface area contributed by atoms with Crippen LogP contribution in [0, 0.1) is 0 Å². The van der Waals surface area contributed by atoms with Gasteiger partial charge in [0.2, 0.25) is 10.0 Å². The van der Waals surface area contributed by atoms with E-state index < -0.39 is 15.3 Å². The largest absolute Gasteiger partial charge is 0.267 e. The van der Waals surface area contributed by atoms with Gasteiger partial charge in [0, 0.05) is 11.9 Å². The molecule has 2 atom stereocenters. The fourth-order valence-corrected chi connectivity index (χ4v) is 4.25. The van der Waals surface area contributed by atoms with Gasteiger partial charge in [-0.2, -0.15) is 0 Å². The van der Waals surface area contributed by atoms with E-state index in [1.807, 2.05) is 31.2 Å². The molecule has 1 aliphatic rings. The Hall–Kier alpha value is -0.740. The average Bonchev–Trinajstić information content (AvgIpc) is 2.64. The van der Waals surface area contributed by atoms with Crippen molar-refractivity contribution in [2.75, 3.05) is 10.2 Å². The Morgan fingerprint density at radius 2 is 2.12 bits per heavy atom. The monoisotopic (exact) mass is 273 g/mol. The van der Waals surface area contributed by atoms with Crippen LogP contribution >= 0.6 is 11.6 Å². The van der Waals surface area contributed by atoms with Gasteiger partial charge in [-0.3, -0.25) is 4.31 Å². The number of anilines is 1. The Kier molecular flexibility index (Phi) is 3.36. The van der Waals surface area contributed by atoms with Gasteiger partial charge >= 0.3 is 0 Å². The van der Waals surface area contributed by atoms with E-state index in [2.05, 4.69) is 0 Å². The van der Waals surface area contributed by atoms with Gasteiger partial charge in [-0.05, 0) is 31.9 Å². The lowest BCUT2D eigenvalue weighted by Crippen LogP contribution is -2.41. The van der Waals surface area contributed by atoms with Gasteiger partial charge in [0.15, 0.2) is 0 Å². The summed E-state index contributed by atoms with van der Waals surface area (Å²) in [5, 5.41) is -0.558. The van der Waals surface area contributed by atoms with Gasteiger partial charge in [-0.15, -0.1) is 11.6 Å². The summed E-state index contributed by atoms with van der Waals surface area (Å²) < 4.78 is 26.3. The van der Waals surface area contributed by atoms with Crippen LogP contribution < -0.4 is 4.31 Å². The van der Waals surface area contributed by atoms with Crippen molar-refractivity contribution >= 4 is 27.3 Å². The lowest BCUT2D eigenvalue weighted by molar-refractivity contribution is 0.576. The number of hydrogen-bond donors (Lipinski definition) is 0. The third-order valence-corrected chi connectivity index (χ3v) is 6.08. The predicted octanol–water partition coefficient (Wildman–Crippen LogP) is 2.39. The molecule has 0 aliphatic carbocycles. The molecule has 3 nitrogen and oxygen atoms in total. The number of halogens is 1. The number of nitrogens with zero attached hydrogens (tertiary/aromatic N) is 1. The van der Waals surface area contributed by atoms with Crippen molar-refractivity contribution in [2.45, 2.75) is 31.6 Å². The second-order valence-electron chi connectivity index (χ2n) is 4.49. The maximum Gasteiger partial charge on any atom is 0.239 e. The molecule has 0 bridgehead atoms. The van der Waals surface area contributed by atoms with Gasteiger partial charge < -0.3 is 0 Å². The SMILES string of the molecule is CC1Cc2ccccc2N1S(=O)(=O)C(C)CCl. The molecule has 0 saturated carbocycles. The molecular weight excluding hydrogens is 258 g/mol. The highest BCUT2D eigenvalue weighted by atomic mass is 35.5. The normalized spacial score (nSPS) is 21.4. The van der Waals surface area contributed by atoms with E-state index in [1.165, 1.54) is 4.31 Å². The summed E-state index contributed by atoms with van der Waals surface area (Å²) in [6, 6.07) is 7.62. The number of hydrogen-bond acceptors (Lipinski definition) is 2. The van der Waals surface area contributed by atoms with Gasteiger partial charge in [0.25, 0.3) is 0 Å². The Bertz CT molecular complexity index is 515. The topological polar surface area (TPSA) is 37.4 Å². The molecule has 1 aliphatic heterocycles. The lowest BCUT2D eigenvalue weighted by Gasteiger charge is -2.27. The molecule has 0 spiro atoms. The number of sulfonamides is 1. The first kappa shape index (κ1) is 12.7. The van der Waals surface area contributed by atoms with E-state index in [9.17, 15) is 8.42 Å². The molecule has 17 heavy (non-hydrogen) atoms. The predicted molar refractivity (Wildman–Crippen MR) is 71.2 cm³/mol. The first-order chi connectivity index (χ1) is 7.98. The summed E-state index contributed by atoms with van der Waals surface area (Å²) in [6.07, 6.45) is 0.768. The molecule has 2 rings (SSSR count). The summed E-state index contributed by atoms with van der Waals surface area (Å²) >= 11 is 5.68. The van der Waals surface area contributed by atoms with Crippen LogP contribution in [0.1, 0.15) is 19.4 Å². The summed E-state index contributed by atoms with van der Waals surface area (Å²) in [7, 11) is -3.35. The summed E-state index contributed by atoms with van der Waals surface area (Å²) in [4.78, 5) is 0. The quantitative estimate of drug-likeness (QED) is 0.793. The van der Waals surface area contributed by atoms with Crippen molar-refractivity contribution in [2.24, 2.45) is 0 Å². The highest BCUT2D eigenvalue weighted by molar-refractivity contribution is 7.93. The van der Waals surface area contributed by atoms with Crippen LogP contribution in [-0.4, -0.2) is 25.6 Å². The first-order valence-electron chi connectivity index (χ1n) is 5.65. The summed E-state index contributed by atoms with van der Waals surface area (Å²) in [6.45, 7) is 3.58. The molecule has 94 valence electrons. The zero-order chi connectivity index (χ0) is 12.6. The van der Waals surface area contributed by atoms with Gasteiger partial charge in [0.05, 0.1) is 10.9 Å². The molecule has 0 N–H and O–H groups in total. The Morgan fingerprint density at radius 1 is 1.47 bits per heavy atom. The van der Waals surface area contributed by atoms with Crippen LogP contribution in [0.2, 0.25) is 0 Å². The molecule has 0 aromatic heterocycles. The van der Waals surface area contributed by atoms with Crippen molar-refractivity contribution in [3.63, 3.8) is 0 Å². The van der Waals surface area contributed by atoms with Gasteiger partial charge in [0.1, 0.15) is 0 Å². The number of para-hydroxylation sites is 1. The zero-order valence-electron chi connectivity index (χ0n) is 9.93. The van der Waals surface area contributed by atoms with E-state index in [0.717, 1.165) is 17.7 Å². The second-order valence-corrected chi connectivity index (χ2v) is 7.02. The van der Waals surface area contributed by atoms with Crippen LogP contribution in [0.4, 0.5) is 5.69 Å². The van der Waals surface area contributed by atoms with Crippen molar-refractivity contribution in [3.8, 4) is 0 Å². The number of benzene rings is 1. The van der Waals surface area contributed by atoms with E-state index in [0.29, 0.717) is 0 Å². The summed E-state index contributed by atoms with van der Waals surface area (Å²) in [5.74, 6) is 0.119. The zero-order valence-corrected chi connectivity index (χ0v) is 11.5. The molecule has 0 saturated heterocycles. The first-order valence-corrected chi connectivity index (χ1v) is 7.69. The van der Waals surface area contributed by atoms with Crippen molar-refractivity contribution in [1.82, 2.24) is 0 Å². The molecule has 0 fully saturated rings. The highest BCUT2D eigenvalue weighted by Crippen LogP contribution is 2.35. The second kappa shape index (κ2) is 4.50. The maximum absolute atomic E-state index is 12.4. The number of alkyl halides is 1. The maximum atomic E-state index is 12.4. The Morgan fingerprint density at radius 3 is 2.76 bits per heavy atom. The van der Waals surface area contributed by atoms with E-state index in [4.69, 9.17) is 11.6 Å². The van der Waals surface area contributed by atoms with Gasteiger partial charge in [-0.1, -0.05) is 18.2 Å². The Labute approximate surface area is 107 Å². The molecular formula is C12H16ClNO2S. The Balaban J connectivity index is 2.47. The van der Waals surface area contributed by atoms with Crippen molar-refractivity contribution in [3.05, 3.63) is 29.8 Å². The van der Waals surface area contributed by atoms with E-state index in [-0.39, 0.29) is 11.9 Å². The smallest absolute Gasteiger partial charge is 0.239 e. The van der Waals surface area contributed by atoms with Crippen molar-refractivity contribution in [1.29, 1.82) is 0 Å². The minimum atomic E-state index is -3.35. The fourth-order valence-electron chi connectivity index (χ4n) is 2.20.